The second-order valence-electron chi connectivity index (χ2n) is 8.49. The van der Waals surface area contributed by atoms with E-state index in [0.717, 1.165) is 54.1 Å². The SMILES string of the molecule is CCCOc1ccc2c(c1)ncn2C(C)C.CCCOc1ccc2ncn(C(C)C)c2c1. The Labute approximate surface area is 191 Å². The fourth-order valence-electron chi connectivity index (χ4n) is 3.46. The molecule has 0 aliphatic heterocycles. The summed E-state index contributed by atoms with van der Waals surface area (Å²) < 4.78 is 15.5. The highest BCUT2D eigenvalue weighted by Gasteiger charge is 2.07. The Morgan fingerprint density at radius 2 is 1.22 bits per heavy atom. The highest BCUT2D eigenvalue weighted by molar-refractivity contribution is 5.77. The van der Waals surface area contributed by atoms with Crippen LogP contribution in [0, 0.1) is 0 Å². The van der Waals surface area contributed by atoms with Crippen LogP contribution < -0.4 is 9.47 Å². The molecule has 0 spiro atoms. The zero-order valence-corrected chi connectivity index (χ0v) is 20.2. The lowest BCUT2D eigenvalue weighted by atomic mass is 10.2. The molecule has 172 valence electrons. The highest BCUT2D eigenvalue weighted by Crippen LogP contribution is 2.23. The molecule has 0 saturated carbocycles. The normalized spacial score (nSPS) is 11.2. The maximum absolute atomic E-state index is 5.63. The Morgan fingerprint density at radius 3 is 1.81 bits per heavy atom. The second-order valence-corrected chi connectivity index (χ2v) is 8.49. The molecule has 6 nitrogen and oxygen atoms in total. The summed E-state index contributed by atoms with van der Waals surface area (Å²) >= 11 is 0. The van der Waals surface area contributed by atoms with Crippen molar-refractivity contribution < 1.29 is 9.47 Å². The van der Waals surface area contributed by atoms with E-state index in [-0.39, 0.29) is 0 Å². The maximum atomic E-state index is 5.63. The summed E-state index contributed by atoms with van der Waals surface area (Å²) in [5.41, 5.74) is 4.34. The molecule has 0 radical (unpaired) electrons. The molecule has 2 aromatic carbocycles. The quantitative estimate of drug-likeness (QED) is 0.304. The van der Waals surface area contributed by atoms with Crippen LogP contribution in [0.5, 0.6) is 11.5 Å². The lowest BCUT2D eigenvalue weighted by Gasteiger charge is -2.09. The molecule has 0 fully saturated rings. The monoisotopic (exact) mass is 436 g/mol. The van der Waals surface area contributed by atoms with Gasteiger partial charge < -0.3 is 18.6 Å². The molecule has 0 aliphatic rings. The van der Waals surface area contributed by atoms with E-state index in [2.05, 4.69) is 72.8 Å². The van der Waals surface area contributed by atoms with Gasteiger partial charge in [-0.25, -0.2) is 9.97 Å². The van der Waals surface area contributed by atoms with Gasteiger partial charge in [-0.3, -0.25) is 0 Å². The van der Waals surface area contributed by atoms with Crippen molar-refractivity contribution in [2.75, 3.05) is 13.2 Å². The number of hydrogen-bond donors (Lipinski definition) is 0. The molecule has 0 atom stereocenters. The summed E-state index contributed by atoms with van der Waals surface area (Å²) in [5, 5.41) is 0. The van der Waals surface area contributed by atoms with Crippen molar-refractivity contribution in [3.8, 4) is 11.5 Å². The molecule has 4 rings (SSSR count). The Hall–Kier alpha value is -3.02. The van der Waals surface area contributed by atoms with E-state index in [9.17, 15) is 0 Å². The van der Waals surface area contributed by atoms with Gasteiger partial charge in [0.25, 0.3) is 0 Å². The van der Waals surface area contributed by atoms with Gasteiger partial charge in [-0.05, 0) is 64.8 Å². The number of nitrogens with zero attached hydrogens (tertiary/aromatic N) is 4. The summed E-state index contributed by atoms with van der Waals surface area (Å²) in [6, 6.07) is 13.0. The molecule has 32 heavy (non-hydrogen) atoms. The lowest BCUT2D eigenvalue weighted by Crippen LogP contribution is -1.99. The third-order valence-electron chi connectivity index (χ3n) is 5.15. The molecule has 4 aromatic rings. The van der Waals surface area contributed by atoms with Crippen molar-refractivity contribution in [3.63, 3.8) is 0 Å². The van der Waals surface area contributed by atoms with Crippen LogP contribution in [-0.2, 0) is 0 Å². The number of hydrogen-bond acceptors (Lipinski definition) is 4. The summed E-state index contributed by atoms with van der Waals surface area (Å²) in [6.07, 6.45) is 5.83. The van der Waals surface area contributed by atoms with Gasteiger partial charge in [0.15, 0.2) is 0 Å². The Morgan fingerprint density at radius 1 is 0.688 bits per heavy atom. The smallest absolute Gasteiger partial charge is 0.121 e. The van der Waals surface area contributed by atoms with Gasteiger partial charge in [-0.1, -0.05) is 13.8 Å². The minimum atomic E-state index is 0.423. The first-order chi connectivity index (χ1) is 15.4. The number of benzene rings is 2. The van der Waals surface area contributed by atoms with Crippen LogP contribution in [0.15, 0.2) is 49.1 Å². The van der Waals surface area contributed by atoms with Crippen molar-refractivity contribution in [3.05, 3.63) is 49.1 Å². The predicted molar refractivity (Wildman–Crippen MR) is 132 cm³/mol. The van der Waals surface area contributed by atoms with E-state index in [1.165, 1.54) is 5.52 Å². The zero-order chi connectivity index (χ0) is 23.1. The molecule has 0 bridgehead atoms. The van der Waals surface area contributed by atoms with E-state index < -0.39 is 0 Å². The van der Waals surface area contributed by atoms with Gasteiger partial charge in [0, 0.05) is 24.2 Å². The van der Waals surface area contributed by atoms with Gasteiger partial charge in [0.2, 0.25) is 0 Å². The van der Waals surface area contributed by atoms with Crippen LogP contribution in [0.2, 0.25) is 0 Å². The third-order valence-corrected chi connectivity index (χ3v) is 5.15. The average Bonchev–Trinajstić information content (AvgIpc) is 3.40. The zero-order valence-electron chi connectivity index (χ0n) is 20.2. The topological polar surface area (TPSA) is 54.1 Å². The summed E-state index contributed by atoms with van der Waals surface area (Å²) in [7, 11) is 0. The van der Waals surface area contributed by atoms with Crippen LogP contribution in [0.25, 0.3) is 22.1 Å². The van der Waals surface area contributed by atoms with E-state index in [1.54, 1.807) is 0 Å². The van der Waals surface area contributed by atoms with Crippen LogP contribution in [-0.4, -0.2) is 32.3 Å². The van der Waals surface area contributed by atoms with E-state index >= 15 is 0 Å². The summed E-state index contributed by atoms with van der Waals surface area (Å²) in [5.74, 6) is 1.83. The van der Waals surface area contributed by atoms with Crippen LogP contribution >= 0.6 is 0 Å². The molecule has 0 aliphatic carbocycles. The van der Waals surface area contributed by atoms with E-state index in [4.69, 9.17) is 9.47 Å². The molecule has 0 N–H and O–H groups in total. The number of rotatable bonds is 8. The maximum Gasteiger partial charge on any atom is 0.121 e. The fourth-order valence-corrected chi connectivity index (χ4v) is 3.46. The van der Waals surface area contributed by atoms with Gasteiger partial charge >= 0.3 is 0 Å². The molecule has 2 aromatic heterocycles. The molecular weight excluding hydrogens is 400 g/mol. The molecule has 0 saturated heterocycles. The first-order valence-corrected chi connectivity index (χ1v) is 11.6. The Balaban J connectivity index is 0.000000181. The van der Waals surface area contributed by atoms with Crippen LogP contribution in [0.4, 0.5) is 0 Å². The molecule has 0 unspecified atom stereocenters. The van der Waals surface area contributed by atoms with Crippen LogP contribution in [0.3, 0.4) is 0 Å². The number of ether oxygens (including phenoxy) is 2. The van der Waals surface area contributed by atoms with Gasteiger partial charge in [0.05, 0.1) is 47.9 Å². The van der Waals surface area contributed by atoms with Crippen LogP contribution in [0.1, 0.15) is 66.5 Å². The number of aromatic nitrogens is 4. The molecule has 6 heteroatoms. The third kappa shape index (κ3) is 5.61. The lowest BCUT2D eigenvalue weighted by molar-refractivity contribution is 0.317. The summed E-state index contributed by atoms with van der Waals surface area (Å²) in [6.45, 7) is 14.4. The first kappa shape index (κ1) is 23.6. The van der Waals surface area contributed by atoms with E-state index in [1.807, 2.05) is 36.9 Å². The van der Waals surface area contributed by atoms with Gasteiger partial charge in [-0.2, -0.15) is 0 Å². The van der Waals surface area contributed by atoms with Gasteiger partial charge in [-0.15, -0.1) is 0 Å². The second kappa shape index (κ2) is 11.0. The Kier molecular flexibility index (Phi) is 8.14. The highest BCUT2D eigenvalue weighted by atomic mass is 16.5. The van der Waals surface area contributed by atoms with Crippen molar-refractivity contribution in [2.45, 2.75) is 66.5 Å². The van der Waals surface area contributed by atoms with Crippen molar-refractivity contribution >= 4 is 22.1 Å². The predicted octanol–water partition coefficient (Wildman–Crippen LogP) is 6.81. The fraction of sp³-hybridized carbons (Fsp3) is 0.462. The number of imidazole rings is 2. The standard InChI is InChI=1S/2C13H18N2O/c1-4-7-16-11-5-6-13-12(8-11)14-9-15(13)10(2)3;1-4-7-16-11-5-6-12-13(8-11)15(9-14-12)10(2)3/h2*5-6,8-10H,4,7H2,1-3H3. The Bertz CT molecular complexity index is 1130. The molecular formula is C26H36N4O2. The molecule has 0 amide bonds. The van der Waals surface area contributed by atoms with E-state index in [0.29, 0.717) is 12.1 Å². The minimum absolute atomic E-state index is 0.423. The van der Waals surface area contributed by atoms with Crippen molar-refractivity contribution in [1.82, 2.24) is 19.1 Å². The average molecular weight is 437 g/mol. The van der Waals surface area contributed by atoms with Gasteiger partial charge in [0.1, 0.15) is 11.5 Å². The first-order valence-electron chi connectivity index (χ1n) is 11.6. The van der Waals surface area contributed by atoms with Crippen molar-refractivity contribution in [2.24, 2.45) is 0 Å². The summed E-state index contributed by atoms with van der Waals surface area (Å²) in [4.78, 5) is 8.76. The minimum Gasteiger partial charge on any atom is -0.494 e. The van der Waals surface area contributed by atoms with Crippen molar-refractivity contribution in [1.29, 1.82) is 0 Å². The molecule has 2 heterocycles. The number of fused-ring (bicyclic) bond motifs is 2. The largest absolute Gasteiger partial charge is 0.494 e.